The maximum Gasteiger partial charge on any atom is 0.251 e. The van der Waals surface area contributed by atoms with Gasteiger partial charge < -0.3 is 20.5 Å². The summed E-state index contributed by atoms with van der Waals surface area (Å²) >= 11 is 0. The molecule has 3 N–H and O–H groups in total. The lowest BCUT2D eigenvalue weighted by Gasteiger charge is -2.07. The van der Waals surface area contributed by atoms with Gasteiger partial charge in [-0.15, -0.1) is 12.4 Å². The second kappa shape index (κ2) is 9.78. The van der Waals surface area contributed by atoms with Crippen molar-refractivity contribution in [2.24, 2.45) is 5.73 Å². The summed E-state index contributed by atoms with van der Waals surface area (Å²) in [5, 5.41) is 2.75. The highest BCUT2D eigenvalue weighted by Crippen LogP contribution is 2.20. The van der Waals surface area contributed by atoms with Crippen LogP contribution in [0.1, 0.15) is 15.9 Å². The third-order valence-electron chi connectivity index (χ3n) is 2.97. The molecule has 0 saturated carbocycles. The monoisotopic (exact) mass is 337 g/mol. The topological polar surface area (TPSA) is 86.5 Å². The van der Waals surface area contributed by atoms with Crippen molar-refractivity contribution in [3.05, 3.63) is 53.7 Å². The molecule has 2 aromatic rings. The van der Waals surface area contributed by atoms with Crippen molar-refractivity contribution in [1.29, 1.82) is 0 Å². The molecule has 0 fully saturated rings. The largest absolute Gasteiger partial charge is 0.439 e. The van der Waals surface area contributed by atoms with E-state index in [0.29, 0.717) is 36.9 Å². The van der Waals surface area contributed by atoms with E-state index in [1.807, 2.05) is 6.07 Å². The van der Waals surface area contributed by atoms with Crippen molar-refractivity contribution < 1.29 is 14.3 Å². The van der Waals surface area contributed by atoms with Crippen LogP contribution in [-0.2, 0) is 11.3 Å². The zero-order chi connectivity index (χ0) is 15.8. The van der Waals surface area contributed by atoms with E-state index in [4.69, 9.17) is 15.2 Å². The summed E-state index contributed by atoms with van der Waals surface area (Å²) in [6.07, 6.45) is 1.65. The number of methoxy groups -OCH3 is 1. The number of hydrogen-bond acceptors (Lipinski definition) is 5. The van der Waals surface area contributed by atoms with E-state index in [9.17, 15) is 4.79 Å². The van der Waals surface area contributed by atoms with Crippen LogP contribution >= 0.6 is 12.4 Å². The van der Waals surface area contributed by atoms with Crippen molar-refractivity contribution in [2.45, 2.75) is 6.54 Å². The summed E-state index contributed by atoms with van der Waals surface area (Å²) in [4.78, 5) is 16.0. The number of halogens is 1. The normalized spacial score (nSPS) is 9.83. The Morgan fingerprint density at radius 1 is 1.26 bits per heavy atom. The van der Waals surface area contributed by atoms with Gasteiger partial charge in [0.25, 0.3) is 5.91 Å². The summed E-state index contributed by atoms with van der Waals surface area (Å²) < 4.78 is 10.5. The van der Waals surface area contributed by atoms with Crippen LogP contribution in [0.25, 0.3) is 0 Å². The van der Waals surface area contributed by atoms with Crippen molar-refractivity contribution in [2.75, 3.05) is 20.3 Å². The Morgan fingerprint density at radius 3 is 2.65 bits per heavy atom. The average molecular weight is 338 g/mol. The lowest BCUT2D eigenvalue weighted by atomic mass is 10.2. The van der Waals surface area contributed by atoms with E-state index >= 15 is 0 Å². The predicted molar refractivity (Wildman–Crippen MR) is 90.1 cm³/mol. The first kappa shape index (κ1) is 18.9. The first-order valence-electron chi connectivity index (χ1n) is 6.93. The summed E-state index contributed by atoms with van der Waals surface area (Å²) in [7, 11) is 1.59. The van der Waals surface area contributed by atoms with Crippen LogP contribution in [0.15, 0.2) is 42.6 Å². The molecule has 0 unspecified atom stereocenters. The standard InChI is InChI=1S/C16H19N3O3.ClH/c1-21-9-8-19-16(20)13-2-4-14(5-3-13)22-15-10-12(11-17)6-7-18-15;/h2-7,10H,8-9,11,17H2,1H3,(H,19,20);1H. The SMILES string of the molecule is COCCNC(=O)c1ccc(Oc2cc(CN)ccn2)cc1.Cl. The maximum absolute atomic E-state index is 11.8. The zero-order valence-corrected chi connectivity index (χ0v) is 13.6. The van der Waals surface area contributed by atoms with E-state index in [0.717, 1.165) is 5.56 Å². The average Bonchev–Trinajstić information content (AvgIpc) is 2.56. The predicted octanol–water partition coefficient (Wildman–Crippen LogP) is 2.13. The molecule has 0 aliphatic heterocycles. The third kappa shape index (κ3) is 5.86. The number of pyridine rings is 1. The molecule has 6 nitrogen and oxygen atoms in total. The lowest BCUT2D eigenvalue weighted by molar-refractivity contribution is 0.0937. The van der Waals surface area contributed by atoms with E-state index in [2.05, 4.69) is 10.3 Å². The molecule has 1 heterocycles. The summed E-state index contributed by atoms with van der Waals surface area (Å²) in [5.41, 5.74) is 7.08. The van der Waals surface area contributed by atoms with Crippen LogP contribution in [0, 0.1) is 0 Å². The molecule has 7 heteroatoms. The van der Waals surface area contributed by atoms with E-state index in [1.54, 1.807) is 43.6 Å². The molecule has 2 rings (SSSR count). The van der Waals surface area contributed by atoms with Crippen molar-refractivity contribution in [3.63, 3.8) is 0 Å². The van der Waals surface area contributed by atoms with Gasteiger partial charge in [-0.25, -0.2) is 4.98 Å². The van der Waals surface area contributed by atoms with Gasteiger partial charge in [-0.2, -0.15) is 0 Å². The molecular formula is C16H20ClN3O3. The Hall–Kier alpha value is -2.15. The molecule has 1 aromatic heterocycles. The quantitative estimate of drug-likeness (QED) is 0.756. The van der Waals surface area contributed by atoms with Crippen molar-refractivity contribution >= 4 is 18.3 Å². The van der Waals surface area contributed by atoms with E-state index in [-0.39, 0.29) is 18.3 Å². The van der Waals surface area contributed by atoms with Crippen molar-refractivity contribution in [1.82, 2.24) is 10.3 Å². The molecule has 0 radical (unpaired) electrons. The van der Waals surface area contributed by atoms with Crippen LogP contribution < -0.4 is 15.8 Å². The van der Waals surface area contributed by atoms with Gasteiger partial charge in [0.05, 0.1) is 6.61 Å². The maximum atomic E-state index is 11.8. The van der Waals surface area contributed by atoms with Crippen LogP contribution in [0.5, 0.6) is 11.6 Å². The molecule has 0 atom stereocenters. The number of benzene rings is 1. The number of ether oxygens (including phenoxy) is 2. The summed E-state index contributed by atoms with van der Waals surface area (Å²) in [6, 6.07) is 10.5. The van der Waals surface area contributed by atoms with Crippen LogP contribution in [0.2, 0.25) is 0 Å². The zero-order valence-electron chi connectivity index (χ0n) is 12.8. The Kier molecular flexibility index (Phi) is 8.04. The molecule has 0 saturated heterocycles. The van der Waals surface area contributed by atoms with Gasteiger partial charge in [0.15, 0.2) is 0 Å². The third-order valence-corrected chi connectivity index (χ3v) is 2.97. The van der Waals surface area contributed by atoms with Gasteiger partial charge in [0, 0.05) is 38.0 Å². The fourth-order valence-electron chi connectivity index (χ4n) is 1.80. The highest BCUT2D eigenvalue weighted by molar-refractivity contribution is 5.94. The summed E-state index contributed by atoms with van der Waals surface area (Å²) in [5.74, 6) is 0.933. The molecular weight excluding hydrogens is 318 g/mol. The van der Waals surface area contributed by atoms with Gasteiger partial charge in [-0.05, 0) is 35.9 Å². The first-order chi connectivity index (χ1) is 10.7. The molecule has 0 aliphatic rings. The molecule has 0 spiro atoms. The van der Waals surface area contributed by atoms with Gasteiger partial charge in [0.1, 0.15) is 5.75 Å². The van der Waals surface area contributed by atoms with Gasteiger partial charge in [-0.3, -0.25) is 4.79 Å². The number of aromatic nitrogens is 1. The number of carbonyl (C=O) groups is 1. The minimum atomic E-state index is -0.146. The molecule has 124 valence electrons. The van der Waals surface area contributed by atoms with Crippen molar-refractivity contribution in [3.8, 4) is 11.6 Å². The smallest absolute Gasteiger partial charge is 0.251 e. The lowest BCUT2D eigenvalue weighted by Crippen LogP contribution is -2.26. The van der Waals surface area contributed by atoms with Gasteiger partial charge in [-0.1, -0.05) is 0 Å². The molecule has 0 bridgehead atoms. The number of rotatable bonds is 7. The number of nitrogens with zero attached hydrogens (tertiary/aromatic N) is 1. The second-order valence-corrected chi connectivity index (χ2v) is 4.58. The second-order valence-electron chi connectivity index (χ2n) is 4.58. The highest BCUT2D eigenvalue weighted by Gasteiger charge is 2.06. The number of nitrogens with two attached hydrogens (primary N) is 1. The Balaban J connectivity index is 0.00000264. The molecule has 1 aromatic carbocycles. The number of nitrogens with one attached hydrogen (secondary N) is 1. The Bertz CT molecular complexity index is 620. The molecule has 23 heavy (non-hydrogen) atoms. The number of amides is 1. The van der Waals surface area contributed by atoms with Gasteiger partial charge in [0.2, 0.25) is 5.88 Å². The van der Waals surface area contributed by atoms with E-state index in [1.165, 1.54) is 0 Å². The highest BCUT2D eigenvalue weighted by atomic mass is 35.5. The van der Waals surface area contributed by atoms with Crippen LogP contribution in [-0.4, -0.2) is 31.2 Å². The van der Waals surface area contributed by atoms with Gasteiger partial charge >= 0.3 is 0 Å². The molecule has 1 amide bonds. The minimum Gasteiger partial charge on any atom is -0.439 e. The first-order valence-corrected chi connectivity index (χ1v) is 6.93. The Morgan fingerprint density at radius 2 is 2.00 bits per heavy atom. The van der Waals surface area contributed by atoms with E-state index < -0.39 is 0 Å². The minimum absolute atomic E-state index is 0. The van der Waals surface area contributed by atoms with Crippen LogP contribution in [0.4, 0.5) is 0 Å². The fraction of sp³-hybridized carbons (Fsp3) is 0.250. The Labute approximate surface area is 141 Å². The number of carbonyl (C=O) groups excluding carboxylic acids is 1. The molecule has 0 aliphatic carbocycles. The fourth-order valence-corrected chi connectivity index (χ4v) is 1.80. The summed E-state index contributed by atoms with van der Waals surface area (Å²) in [6.45, 7) is 1.39. The van der Waals surface area contributed by atoms with Crippen LogP contribution in [0.3, 0.4) is 0 Å². The number of hydrogen-bond donors (Lipinski definition) is 2.